The van der Waals surface area contributed by atoms with Crippen LogP contribution in [0.15, 0.2) is 4.99 Å². The van der Waals surface area contributed by atoms with Crippen LogP contribution >= 0.6 is 0 Å². The number of rotatable bonds is 1. The number of hydrogen-bond donors (Lipinski definition) is 2. The molecule has 16 heavy (non-hydrogen) atoms. The molecule has 0 aromatic carbocycles. The second-order valence-electron chi connectivity index (χ2n) is 5.01. The molecule has 1 rings (SSSR count). The molecule has 0 saturated heterocycles. The number of nitrogens with zero attached hydrogens (tertiary/aromatic N) is 1. The summed E-state index contributed by atoms with van der Waals surface area (Å²) in [5.41, 5.74) is 0.240. The Morgan fingerprint density at radius 2 is 2.19 bits per heavy atom. The number of nitrogens with one attached hydrogen (secondary N) is 1. The molecule has 2 atom stereocenters. The molecule has 1 aliphatic carbocycles. The number of alkyl carbamates (subject to hydrolysis) is 1. The summed E-state index contributed by atoms with van der Waals surface area (Å²) in [5.74, 6) is 0. The molecule has 0 bridgehead atoms. The highest BCUT2D eigenvalue weighted by Gasteiger charge is 2.30. The zero-order valence-corrected chi connectivity index (χ0v) is 10.3. The fourth-order valence-electron chi connectivity index (χ4n) is 1.70. The summed E-state index contributed by atoms with van der Waals surface area (Å²) in [6, 6.07) is -0.0800. The third-order valence-corrected chi connectivity index (χ3v) is 2.36. The van der Waals surface area contributed by atoms with E-state index in [4.69, 9.17) is 4.74 Å². The molecule has 2 N–H and O–H groups in total. The molecule has 0 heterocycles. The lowest BCUT2D eigenvalue weighted by Gasteiger charge is -2.21. The maximum absolute atomic E-state index is 11.5. The summed E-state index contributed by atoms with van der Waals surface area (Å²) >= 11 is 0. The third kappa shape index (κ3) is 3.81. The normalized spacial score (nSPS) is 28.2. The van der Waals surface area contributed by atoms with Crippen LogP contribution in [0.4, 0.5) is 4.79 Å². The number of amides is 1. The zero-order valence-electron chi connectivity index (χ0n) is 10.3. The summed E-state index contributed by atoms with van der Waals surface area (Å²) in [6.07, 6.45) is 0.120. The molecular formula is C11H20N2O3. The average molecular weight is 228 g/mol. The van der Waals surface area contributed by atoms with Gasteiger partial charge in [0.05, 0.1) is 6.10 Å². The molecule has 0 unspecified atom stereocenters. The molecule has 1 aliphatic rings. The van der Waals surface area contributed by atoms with Gasteiger partial charge in [-0.3, -0.25) is 4.99 Å². The van der Waals surface area contributed by atoms with Crippen molar-refractivity contribution in [1.82, 2.24) is 5.32 Å². The molecule has 0 aromatic rings. The first-order valence-electron chi connectivity index (χ1n) is 5.45. The smallest absolute Gasteiger partial charge is 0.407 e. The van der Waals surface area contributed by atoms with Crippen molar-refractivity contribution in [1.29, 1.82) is 0 Å². The van der Waals surface area contributed by atoms with Crippen LogP contribution in [0.25, 0.3) is 0 Å². The third-order valence-electron chi connectivity index (χ3n) is 2.36. The average Bonchev–Trinajstić information content (AvgIpc) is 2.42. The van der Waals surface area contributed by atoms with Crippen LogP contribution in [0, 0.1) is 0 Å². The van der Waals surface area contributed by atoms with Gasteiger partial charge in [0.1, 0.15) is 5.60 Å². The van der Waals surface area contributed by atoms with Gasteiger partial charge in [0, 0.05) is 25.2 Å². The number of aliphatic hydroxyl groups excluding tert-OH is 1. The van der Waals surface area contributed by atoms with Crippen LogP contribution in [0.5, 0.6) is 0 Å². The van der Waals surface area contributed by atoms with Crippen molar-refractivity contribution < 1.29 is 14.6 Å². The minimum absolute atomic E-state index is 0.0800. The molecule has 0 aliphatic heterocycles. The molecule has 1 fully saturated rings. The van der Waals surface area contributed by atoms with E-state index < -0.39 is 17.8 Å². The molecular weight excluding hydrogens is 208 g/mol. The Balaban J connectivity index is 2.43. The van der Waals surface area contributed by atoms with E-state index in [2.05, 4.69) is 10.3 Å². The van der Waals surface area contributed by atoms with Gasteiger partial charge in [-0.15, -0.1) is 0 Å². The van der Waals surface area contributed by atoms with Gasteiger partial charge < -0.3 is 15.2 Å². The molecule has 1 amide bonds. The van der Waals surface area contributed by atoms with Crippen LogP contribution in [0.3, 0.4) is 0 Å². The lowest BCUT2D eigenvalue weighted by molar-refractivity contribution is 0.0502. The van der Waals surface area contributed by atoms with E-state index in [1.807, 2.05) is 20.8 Å². The van der Waals surface area contributed by atoms with Crippen molar-refractivity contribution in [3.8, 4) is 0 Å². The fourth-order valence-corrected chi connectivity index (χ4v) is 1.70. The van der Waals surface area contributed by atoms with E-state index in [-0.39, 0.29) is 6.04 Å². The second kappa shape index (κ2) is 4.82. The van der Waals surface area contributed by atoms with E-state index >= 15 is 0 Å². The number of carbonyl (C=O) groups excluding carboxylic acids is 1. The number of carbonyl (C=O) groups is 1. The maximum Gasteiger partial charge on any atom is 0.407 e. The van der Waals surface area contributed by atoms with Gasteiger partial charge in [-0.2, -0.15) is 0 Å². The van der Waals surface area contributed by atoms with E-state index in [1.165, 1.54) is 0 Å². The van der Waals surface area contributed by atoms with E-state index in [0.717, 1.165) is 5.71 Å². The predicted octanol–water partition coefficient (Wildman–Crippen LogP) is 1.11. The second-order valence-corrected chi connectivity index (χ2v) is 5.01. The van der Waals surface area contributed by atoms with Gasteiger partial charge in [0.15, 0.2) is 0 Å². The van der Waals surface area contributed by atoms with Crippen LogP contribution in [-0.2, 0) is 4.74 Å². The zero-order chi connectivity index (χ0) is 12.3. The van der Waals surface area contributed by atoms with Crippen LogP contribution in [0.1, 0.15) is 33.6 Å². The highest BCUT2D eigenvalue weighted by molar-refractivity contribution is 5.91. The summed E-state index contributed by atoms with van der Waals surface area (Å²) in [6.45, 7) is 5.44. The van der Waals surface area contributed by atoms with E-state index in [9.17, 15) is 9.90 Å². The first-order valence-corrected chi connectivity index (χ1v) is 5.45. The van der Waals surface area contributed by atoms with Gasteiger partial charge in [0.2, 0.25) is 0 Å². The van der Waals surface area contributed by atoms with Gasteiger partial charge in [0.25, 0.3) is 0 Å². The van der Waals surface area contributed by atoms with Crippen LogP contribution in [-0.4, -0.2) is 41.7 Å². The standard InChI is InChI=1S/C11H20N2O3/c1-11(2,3)16-10(15)13-7-5-8(12-4)9(14)6-7/h7,9,14H,5-6H2,1-4H3,(H,13,15)/t7-,9-/m1/s1. The first-order chi connectivity index (χ1) is 7.31. The van der Waals surface area contributed by atoms with Crippen LogP contribution < -0.4 is 5.32 Å². The highest BCUT2D eigenvalue weighted by atomic mass is 16.6. The summed E-state index contributed by atoms with van der Waals surface area (Å²) in [5, 5.41) is 12.3. The molecule has 0 aromatic heterocycles. The number of aliphatic hydroxyl groups is 1. The topological polar surface area (TPSA) is 70.9 Å². The number of aliphatic imine (C=N–C) groups is 1. The Kier molecular flexibility index (Phi) is 3.91. The van der Waals surface area contributed by atoms with Crippen molar-refractivity contribution in [3.63, 3.8) is 0 Å². The highest BCUT2D eigenvalue weighted by Crippen LogP contribution is 2.17. The quantitative estimate of drug-likeness (QED) is 0.706. The minimum atomic E-state index is -0.537. The number of ether oxygens (including phenoxy) is 1. The molecule has 0 radical (unpaired) electrons. The molecule has 5 heteroatoms. The molecule has 0 spiro atoms. The Bertz CT molecular complexity index is 294. The Morgan fingerprint density at radius 3 is 2.62 bits per heavy atom. The number of hydrogen-bond acceptors (Lipinski definition) is 4. The van der Waals surface area contributed by atoms with Crippen molar-refractivity contribution in [2.75, 3.05) is 7.05 Å². The fraction of sp³-hybridized carbons (Fsp3) is 0.818. The van der Waals surface area contributed by atoms with E-state index in [0.29, 0.717) is 12.8 Å². The van der Waals surface area contributed by atoms with Crippen molar-refractivity contribution in [3.05, 3.63) is 0 Å². The molecule has 1 saturated carbocycles. The summed E-state index contributed by atoms with van der Waals surface area (Å²) in [4.78, 5) is 15.4. The Hall–Kier alpha value is -1.10. The summed E-state index contributed by atoms with van der Waals surface area (Å²) < 4.78 is 5.13. The molecule has 5 nitrogen and oxygen atoms in total. The van der Waals surface area contributed by atoms with Crippen molar-refractivity contribution >= 4 is 11.8 Å². The lowest BCUT2D eigenvalue weighted by Crippen LogP contribution is -2.38. The first kappa shape index (κ1) is 13.0. The lowest BCUT2D eigenvalue weighted by atomic mass is 10.2. The monoisotopic (exact) mass is 228 g/mol. The van der Waals surface area contributed by atoms with E-state index in [1.54, 1.807) is 7.05 Å². The largest absolute Gasteiger partial charge is 0.444 e. The Morgan fingerprint density at radius 1 is 1.56 bits per heavy atom. The summed E-state index contributed by atoms with van der Waals surface area (Å²) in [7, 11) is 1.65. The van der Waals surface area contributed by atoms with Crippen molar-refractivity contribution in [2.45, 2.75) is 51.4 Å². The maximum atomic E-state index is 11.5. The van der Waals surface area contributed by atoms with Crippen molar-refractivity contribution in [2.24, 2.45) is 4.99 Å². The molecule has 92 valence electrons. The predicted molar refractivity (Wildman–Crippen MR) is 61.8 cm³/mol. The van der Waals surface area contributed by atoms with Gasteiger partial charge >= 0.3 is 6.09 Å². The van der Waals surface area contributed by atoms with Crippen LogP contribution in [0.2, 0.25) is 0 Å². The Labute approximate surface area is 95.9 Å². The van der Waals surface area contributed by atoms with Gasteiger partial charge in [-0.1, -0.05) is 0 Å². The van der Waals surface area contributed by atoms with Gasteiger partial charge in [-0.05, 0) is 27.2 Å². The van der Waals surface area contributed by atoms with Gasteiger partial charge in [-0.25, -0.2) is 4.79 Å². The minimum Gasteiger partial charge on any atom is -0.444 e. The SMILES string of the molecule is CN=C1C[C@@H](NC(=O)OC(C)(C)C)C[C@H]1O.